The van der Waals surface area contributed by atoms with Crippen molar-refractivity contribution in [2.45, 2.75) is 58.4 Å². The average molecular weight is 549 g/mol. The minimum Gasteiger partial charge on any atom is -0.467 e. The topological polar surface area (TPSA) is 66.4 Å². The Morgan fingerprint density at radius 1 is 1.11 bits per heavy atom. The maximum Gasteiger partial charge on any atom is 0.308 e. The zero-order chi connectivity index (χ0) is 25.7. The van der Waals surface area contributed by atoms with Crippen LogP contribution < -0.4 is 4.74 Å². The van der Waals surface area contributed by atoms with E-state index in [1.54, 1.807) is 13.3 Å². The highest BCUT2D eigenvalue weighted by molar-refractivity contribution is 9.10. The Bertz CT molecular complexity index is 940. The van der Waals surface area contributed by atoms with Gasteiger partial charge in [-0.1, -0.05) is 80.4 Å². The number of unbranched alkanes of at least 4 members (excludes halogenated alkanes) is 1. The van der Waals surface area contributed by atoms with Crippen LogP contribution in [0, 0.1) is 0 Å². The van der Waals surface area contributed by atoms with Crippen molar-refractivity contribution in [1.82, 2.24) is 0 Å². The van der Waals surface area contributed by atoms with Crippen LogP contribution >= 0.6 is 15.9 Å². The van der Waals surface area contributed by atoms with Crippen molar-refractivity contribution in [3.63, 3.8) is 0 Å². The molecule has 0 saturated heterocycles. The third-order valence-electron chi connectivity index (χ3n) is 5.29. The predicted octanol–water partition coefficient (Wildman–Crippen LogP) is 6.64. The van der Waals surface area contributed by atoms with E-state index in [0.717, 1.165) is 34.0 Å². The van der Waals surface area contributed by atoms with Crippen molar-refractivity contribution in [2.24, 2.45) is 4.99 Å². The molecule has 0 spiro atoms. The molecule has 0 aliphatic heterocycles. The molecule has 2 rings (SSSR count). The Kier molecular flexibility index (Phi) is 12.4. The Balaban J connectivity index is 2.46. The van der Waals surface area contributed by atoms with Crippen molar-refractivity contribution < 1.29 is 23.7 Å². The van der Waals surface area contributed by atoms with Gasteiger partial charge < -0.3 is 18.9 Å². The van der Waals surface area contributed by atoms with E-state index in [2.05, 4.69) is 43.6 Å². The number of ether oxygens (including phenoxy) is 4. The van der Waals surface area contributed by atoms with Crippen LogP contribution in [0.3, 0.4) is 0 Å². The van der Waals surface area contributed by atoms with Crippen molar-refractivity contribution in [3.8, 4) is 5.75 Å². The summed E-state index contributed by atoms with van der Waals surface area (Å²) in [5, 5.41) is 0. The smallest absolute Gasteiger partial charge is 0.308 e. The number of hydrogen-bond acceptors (Lipinski definition) is 6. The summed E-state index contributed by atoms with van der Waals surface area (Å²) < 4.78 is 23.2. The van der Waals surface area contributed by atoms with E-state index in [-0.39, 0.29) is 24.6 Å². The van der Waals surface area contributed by atoms with E-state index in [1.165, 1.54) is 0 Å². The van der Waals surface area contributed by atoms with Gasteiger partial charge in [0, 0.05) is 28.9 Å². The first-order valence-corrected chi connectivity index (χ1v) is 12.8. The second-order valence-electron chi connectivity index (χ2n) is 9.27. The van der Waals surface area contributed by atoms with Gasteiger partial charge in [0.15, 0.2) is 6.79 Å². The molecule has 0 aliphatic rings. The Morgan fingerprint density at radius 2 is 1.86 bits per heavy atom. The van der Waals surface area contributed by atoms with Gasteiger partial charge in [-0.05, 0) is 29.5 Å². The molecule has 7 heteroatoms. The molecule has 0 fully saturated rings. The number of carbonyl (C=O) groups is 1. The molecule has 6 nitrogen and oxygen atoms in total. The monoisotopic (exact) mass is 547 g/mol. The lowest BCUT2D eigenvalue weighted by atomic mass is 9.84. The number of halogens is 1. The second-order valence-corrected chi connectivity index (χ2v) is 10.2. The SMILES string of the molecule is CCCCOC(=O)C[C@H](/N=C/c1ccccc1)c1cc(Br)cc(C(C)(C)C)c1OCOCCOC. The molecule has 0 amide bonds. The molecule has 0 aliphatic carbocycles. The summed E-state index contributed by atoms with van der Waals surface area (Å²) in [7, 11) is 1.63. The summed E-state index contributed by atoms with van der Waals surface area (Å²) in [5.41, 5.74) is 2.54. The minimum atomic E-state index is -0.489. The number of nitrogens with zero attached hydrogens (tertiary/aromatic N) is 1. The molecular weight excluding hydrogens is 510 g/mol. The summed E-state index contributed by atoms with van der Waals surface area (Å²) in [5.74, 6) is 0.392. The molecule has 0 N–H and O–H groups in total. The zero-order valence-electron chi connectivity index (χ0n) is 21.5. The van der Waals surface area contributed by atoms with Gasteiger partial charge in [-0.2, -0.15) is 0 Å². The first kappa shape index (κ1) is 29.0. The lowest BCUT2D eigenvalue weighted by Crippen LogP contribution is -2.18. The Labute approximate surface area is 218 Å². The number of benzene rings is 2. The van der Waals surface area contributed by atoms with E-state index in [4.69, 9.17) is 23.9 Å². The van der Waals surface area contributed by atoms with Crippen LogP contribution in [-0.2, 0) is 24.4 Å². The van der Waals surface area contributed by atoms with Gasteiger partial charge >= 0.3 is 5.97 Å². The highest BCUT2D eigenvalue weighted by atomic mass is 79.9. The average Bonchev–Trinajstić information content (AvgIpc) is 2.82. The van der Waals surface area contributed by atoms with Gasteiger partial charge in [0.1, 0.15) is 5.75 Å². The fraction of sp³-hybridized carbons (Fsp3) is 0.500. The Hall–Kier alpha value is -2.22. The van der Waals surface area contributed by atoms with Crippen molar-refractivity contribution in [2.75, 3.05) is 33.7 Å². The van der Waals surface area contributed by atoms with E-state index < -0.39 is 6.04 Å². The number of rotatable bonds is 14. The van der Waals surface area contributed by atoms with Crippen LogP contribution in [0.2, 0.25) is 0 Å². The van der Waals surface area contributed by atoms with Gasteiger partial charge in [-0.25, -0.2) is 0 Å². The highest BCUT2D eigenvalue weighted by Crippen LogP contribution is 2.41. The first-order valence-electron chi connectivity index (χ1n) is 12.0. The maximum atomic E-state index is 12.7. The lowest BCUT2D eigenvalue weighted by molar-refractivity contribution is -0.144. The number of carbonyl (C=O) groups excluding carboxylic acids is 1. The number of methoxy groups -OCH3 is 1. The second kappa shape index (κ2) is 15.0. The van der Waals surface area contributed by atoms with E-state index in [0.29, 0.717) is 25.6 Å². The number of esters is 1. The molecule has 192 valence electrons. The zero-order valence-corrected chi connectivity index (χ0v) is 23.1. The molecule has 2 aromatic rings. The van der Waals surface area contributed by atoms with Gasteiger partial charge in [-0.15, -0.1) is 0 Å². The number of hydrogen-bond donors (Lipinski definition) is 0. The summed E-state index contributed by atoms with van der Waals surface area (Å²) in [6, 6.07) is 13.3. The van der Waals surface area contributed by atoms with Crippen LogP contribution in [0.15, 0.2) is 51.9 Å². The summed E-state index contributed by atoms with van der Waals surface area (Å²) in [6.45, 7) is 9.82. The van der Waals surface area contributed by atoms with Crippen LogP contribution in [0.5, 0.6) is 5.75 Å². The van der Waals surface area contributed by atoms with E-state index >= 15 is 0 Å². The highest BCUT2D eigenvalue weighted by Gasteiger charge is 2.27. The number of aliphatic imine (C=N–C) groups is 1. The minimum absolute atomic E-state index is 0.0666. The third kappa shape index (κ3) is 10.1. The van der Waals surface area contributed by atoms with E-state index in [1.807, 2.05) is 42.5 Å². The molecule has 35 heavy (non-hydrogen) atoms. The molecule has 0 saturated carbocycles. The molecular formula is C28H38BrNO5. The molecule has 2 aromatic carbocycles. The van der Waals surface area contributed by atoms with Crippen molar-refractivity contribution >= 4 is 28.1 Å². The van der Waals surface area contributed by atoms with E-state index in [9.17, 15) is 4.79 Å². The summed E-state index contributed by atoms with van der Waals surface area (Å²) >= 11 is 3.65. The molecule has 1 atom stereocenters. The standard InChI is InChI=1S/C28H38BrNO5/c1-6-7-13-34-26(31)18-25(30-19-21-11-9-8-10-12-21)23-16-22(29)17-24(28(2,3)4)27(23)35-20-33-15-14-32-5/h8-12,16-17,19,25H,6-7,13-15,18,20H2,1-5H3/b30-19+/t25-/m0/s1. The lowest BCUT2D eigenvalue weighted by Gasteiger charge is -2.27. The maximum absolute atomic E-state index is 12.7. The molecule has 0 unspecified atom stereocenters. The molecule has 0 aromatic heterocycles. The normalized spacial score (nSPS) is 12.6. The first-order chi connectivity index (χ1) is 16.8. The van der Waals surface area contributed by atoms with Crippen LogP contribution in [0.25, 0.3) is 0 Å². The van der Waals surface area contributed by atoms with Crippen LogP contribution in [-0.4, -0.2) is 45.9 Å². The molecule has 0 radical (unpaired) electrons. The Morgan fingerprint density at radius 3 is 2.51 bits per heavy atom. The quantitative estimate of drug-likeness (QED) is 0.115. The van der Waals surface area contributed by atoms with Gasteiger partial charge in [-0.3, -0.25) is 9.79 Å². The van der Waals surface area contributed by atoms with Gasteiger partial charge in [0.2, 0.25) is 0 Å². The summed E-state index contributed by atoms with van der Waals surface area (Å²) in [6.07, 6.45) is 3.70. The van der Waals surface area contributed by atoms with Gasteiger partial charge in [0.05, 0.1) is 32.3 Å². The molecule has 0 heterocycles. The van der Waals surface area contributed by atoms with Gasteiger partial charge in [0.25, 0.3) is 0 Å². The summed E-state index contributed by atoms with van der Waals surface area (Å²) in [4.78, 5) is 17.6. The van der Waals surface area contributed by atoms with Crippen LogP contribution in [0.4, 0.5) is 0 Å². The van der Waals surface area contributed by atoms with Crippen LogP contribution in [0.1, 0.15) is 69.7 Å². The fourth-order valence-corrected chi connectivity index (χ4v) is 3.86. The molecule has 0 bridgehead atoms. The largest absolute Gasteiger partial charge is 0.467 e. The van der Waals surface area contributed by atoms with Crippen molar-refractivity contribution in [3.05, 3.63) is 63.6 Å². The van der Waals surface area contributed by atoms with Crippen molar-refractivity contribution in [1.29, 1.82) is 0 Å². The predicted molar refractivity (Wildman–Crippen MR) is 143 cm³/mol. The fourth-order valence-electron chi connectivity index (χ4n) is 3.39. The third-order valence-corrected chi connectivity index (χ3v) is 5.75.